The fourth-order valence-electron chi connectivity index (χ4n) is 1.67. The Balaban J connectivity index is 0.000000673. The van der Waals surface area contributed by atoms with Crippen molar-refractivity contribution >= 4 is 27.7 Å². The summed E-state index contributed by atoms with van der Waals surface area (Å²) >= 11 is 2.91. The van der Waals surface area contributed by atoms with Crippen molar-refractivity contribution in [3.05, 3.63) is 23.7 Å². The molecule has 0 fully saturated rings. The van der Waals surface area contributed by atoms with Crippen molar-refractivity contribution in [2.24, 2.45) is 5.41 Å². The van der Waals surface area contributed by atoms with Gasteiger partial charge in [0.1, 0.15) is 0 Å². The highest BCUT2D eigenvalue weighted by atomic mass is 79.9. The van der Waals surface area contributed by atoms with Gasteiger partial charge in [0.25, 0.3) is 0 Å². The highest BCUT2D eigenvalue weighted by Crippen LogP contribution is 2.35. The molecule has 0 aromatic heterocycles. The second-order valence-electron chi connectivity index (χ2n) is 3.53. The summed E-state index contributed by atoms with van der Waals surface area (Å²) < 4.78 is 4.71. The first kappa shape index (κ1) is 15.1. The van der Waals surface area contributed by atoms with Crippen LogP contribution in [0.2, 0.25) is 0 Å². The topological polar surface area (TPSA) is 43.4 Å². The Kier molecular flexibility index (Phi) is 6.97. The van der Waals surface area contributed by atoms with Gasteiger partial charge in [0, 0.05) is 6.42 Å². The quantitative estimate of drug-likeness (QED) is 0.734. The van der Waals surface area contributed by atoms with E-state index in [1.54, 1.807) is 11.1 Å². The number of rotatable bonds is 2. The molecular formula is C12H17BrO3. The molecule has 1 aliphatic carbocycles. The number of carbonyl (C=O) groups excluding carboxylic acids is 2. The van der Waals surface area contributed by atoms with E-state index in [1.807, 2.05) is 6.92 Å². The van der Waals surface area contributed by atoms with Crippen LogP contribution in [-0.4, -0.2) is 18.9 Å². The maximum Gasteiger partial charge on any atom is 0.312 e. The van der Waals surface area contributed by atoms with E-state index in [1.165, 1.54) is 13.2 Å². The summed E-state index contributed by atoms with van der Waals surface area (Å²) in [5.74, 6) is -0.258. The lowest BCUT2D eigenvalue weighted by Gasteiger charge is -2.29. The number of halogens is 1. The Labute approximate surface area is 105 Å². The van der Waals surface area contributed by atoms with Crippen LogP contribution in [0.1, 0.15) is 26.2 Å². The van der Waals surface area contributed by atoms with E-state index in [-0.39, 0.29) is 18.2 Å². The van der Waals surface area contributed by atoms with E-state index in [4.69, 9.17) is 4.74 Å². The smallest absolute Gasteiger partial charge is 0.312 e. The molecule has 90 valence electrons. The lowest BCUT2D eigenvalue weighted by molar-refractivity contribution is -0.155. The van der Waals surface area contributed by atoms with Gasteiger partial charge in [0.05, 0.1) is 12.5 Å². The normalized spacial score (nSPS) is 23.1. The largest absolute Gasteiger partial charge is 0.469 e. The molecule has 3 nitrogen and oxygen atoms in total. The zero-order valence-electron chi connectivity index (χ0n) is 9.66. The Bertz CT molecular complexity index is 297. The van der Waals surface area contributed by atoms with Crippen molar-refractivity contribution < 1.29 is 14.3 Å². The van der Waals surface area contributed by atoms with Crippen molar-refractivity contribution in [3.8, 4) is 0 Å². The van der Waals surface area contributed by atoms with Crippen LogP contribution in [0.5, 0.6) is 0 Å². The van der Waals surface area contributed by atoms with Gasteiger partial charge in [0.15, 0.2) is 5.78 Å². The van der Waals surface area contributed by atoms with E-state index in [2.05, 4.69) is 22.5 Å². The third kappa shape index (κ3) is 3.93. The third-order valence-electron chi connectivity index (χ3n) is 2.62. The standard InChI is InChI=1S/C10H14O3.C2H3Br/c1-3-10(9(12)13-2)6-4-5-8(11)7-10;1-2-3/h4-5H,3,6-7H2,1-2H3;2H,1H2. The van der Waals surface area contributed by atoms with Gasteiger partial charge < -0.3 is 4.74 Å². The lowest BCUT2D eigenvalue weighted by atomic mass is 9.74. The molecule has 4 heteroatoms. The number of esters is 1. The predicted octanol–water partition coefficient (Wildman–Crippen LogP) is 3.00. The summed E-state index contributed by atoms with van der Waals surface area (Å²) in [7, 11) is 1.36. The fraction of sp³-hybridized carbons (Fsp3) is 0.500. The average molecular weight is 289 g/mol. The third-order valence-corrected chi connectivity index (χ3v) is 2.62. The zero-order valence-corrected chi connectivity index (χ0v) is 11.2. The number of ether oxygens (including phenoxy) is 1. The van der Waals surface area contributed by atoms with Crippen molar-refractivity contribution in [1.82, 2.24) is 0 Å². The summed E-state index contributed by atoms with van der Waals surface area (Å²) in [5.41, 5.74) is -0.597. The number of carbonyl (C=O) groups is 2. The monoisotopic (exact) mass is 288 g/mol. The molecule has 0 amide bonds. The minimum absolute atomic E-state index is 0.0125. The molecule has 0 aliphatic heterocycles. The molecule has 0 heterocycles. The molecule has 0 spiro atoms. The molecule has 0 saturated carbocycles. The van der Waals surface area contributed by atoms with Gasteiger partial charge in [-0.3, -0.25) is 9.59 Å². The summed E-state index contributed by atoms with van der Waals surface area (Å²) in [5, 5.41) is 0. The first-order valence-corrected chi connectivity index (χ1v) is 5.96. The number of allylic oxidation sites excluding steroid dienone is 2. The van der Waals surface area contributed by atoms with Gasteiger partial charge in [0.2, 0.25) is 0 Å². The van der Waals surface area contributed by atoms with Crippen molar-refractivity contribution in [3.63, 3.8) is 0 Å². The Hall–Kier alpha value is -0.900. The maximum absolute atomic E-state index is 11.5. The van der Waals surface area contributed by atoms with Gasteiger partial charge in [-0.2, -0.15) is 0 Å². The van der Waals surface area contributed by atoms with Crippen molar-refractivity contribution in [1.29, 1.82) is 0 Å². The number of methoxy groups -OCH3 is 1. The van der Waals surface area contributed by atoms with Crippen LogP contribution in [0.15, 0.2) is 23.7 Å². The molecule has 0 radical (unpaired) electrons. The number of hydrogen-bond acceptors (Lipinski definition) is 3. The van der Waals surface area contributed by atoms with Gasteiger partial charge >= 0.3 is 5.97 Å². The van der Waals surface area contributed by atoms with Gasteiger partial charge in [-0.15, -0.1) is 0 Å². The van der Waals surface area contributed by atoms with E-state index < -0.39 is 5.41 Å². The molecule has 1 rings (SSSR count). The van der Waals surface area contributed by atoms with Gasteiger partial charge in [-0.25, -0.2) is 0 Å². The Morgan fingerprint density at radius 3 is 2.69 bits per heavy atom. The minimum atomic E-state index is -0.597. The molecule has 0 aromatic rings. The highest BCUT2D eigenvalue weighted by Gasteiger charge is 2.40. The Morgan fingerprint density at radius 2 is 2.31 bits per heavy atom. The molecule has 0 saturated heterocycles. The van der Waals surface area contributed by atoms with Crippen molar-refractivity contribution in [2.45, 2.75) is 26.2 Å². The molecular weight excluding hydrogens is 272 g/mol. The first-order valence-electron chi connectivity index (χ1n) is 5.05. The van der Waals surface area contributed by atoms with Crippen LogP contribution in [0, 0.1) is 5.41 Å². The van der Waals surface area contributed by atoms with Crippen LogP contribution in [0.3, 0.4) is 0 Å². The van der Waals surface area contributed by atoms with Crippen LogP contribution in [-0.2, 0) is 14.3 Å². The average Bonchev–Trinajstić information content (AvgIpc) is 2.28. The van der Waals surface area contributed by atoms with Gasteiger partial charge in [-0.1, -0.05) is 35.5 Å². The second kappa shape index (κ2) is 7.39. The van der Waals surface area contributed by atoms with E-state index in [9.17, 15) is 9.59 Å². The molecule has 16 heavy (non-hydrogen) atoms. The van der Waals surface area contributed by atoms with Crippen molar-refractivity contribution in [2.75, 3.05) is 7.11 Å². The molecule has 0 aromatic carbocycles. The summed E-state index contributed by atoms with van der Waals surface area (Å²) in [4.78, 5) is 24.2. The van der Waals surface area contributed by atoms with E-state index >= 15 is 0 Å². The van der Waals surface area contributed by atoms with Gasteiger partial charge in [-0.05, 0) is 23.9 Å². The number of hydrogen-bond donors (Lipinski definition) is 0. The van der Waals surface area contributed by atoms with Crippen LogP contribution < -0.4 is 0 Å². The minimum Gasteiger partial charge on any atom is -0.469 e. The summed E-state index contributed by atoms with van der Waals surface area (Å²) in [6, 6.07) is 0. The second-order valence-corrected chi connectivity index (χ2v) is 4.18. The molecule has 0 bridgehead atoms. The fourth-order valence-corrected chi connectivity index (χ4v) is 1.67. The molecule has 1 unspecified atom stereocenters. The maximum atomic E-state index is 11.5. The predicted molar refractivity (Wildman–Crippen MR) is 67.2 cm³/mol. The lowest BCUT2D eigenvalue weighted by Crippen LogP contribution is -2.35. The van der Waals surface area contributed by atoms with E-state index in [0.29, 0.717) is 12.8 Å². The zero-order chi connectivity index (χ0) is 12.6. The SMILES string of the molecule is C=CBr.CCC1(C(=O)OC)CC=CC(=O)C1. The first-order chi connectivity index (χ1) is 7.56. The Morgan fingerprint density at radius 1 is 1.75 bits per heavy atom. The summed E-state index contributed by atoms with van der Waals surface area (Å²) in [6.07, 6.45) is 4.84. The number of ketones is 1. The van der Waals surface area contributed by atoms with Crippen LogP contribution >= 0.6 is 15.9 Å². The summed E-state index contributed by atoms with van der Waals surface area (Å²) in [6.45, 7) is 5.18. The molecule has 1 aliphatic rings. The molecule has 1 atom stereocenters. The van der Waals surface area contributed by atoms with Crippen LogP contribution in [0.25, 0.3) is 0 Å². The molecule has 0 N–H and O–H groups in total. The highest BCUT2D eigenvalue weighted by molar-refractivity contribution is 9.11. The van der Waals surface area contributed by atoms with Crippen LogP contribution in [0.4, 0.5) is 0 Å². The van der Waals surface area contributed by atoms with E-state index in [0.717, 1.165) is 0 Å².